The predicted molar refractivity (Wildman–Crippen MR) is 82.5 cm³/mol. The standard InChI is InChI=1S/C17H28N2O/c1-2-5-15-7-10-17(14-18,11-8-15)20-13-9-16-6-3-4-12-19-16/h3-4,6,12,15H,2,5,7-11,13-14,18H2,1H3. The van der Waals surface area contributed by atoms with Gasteiger partial charge in [0.1, 0.15) is 0 Å². The lowest BCUT2D eigenvalue weighted by Gasteiger charge is -2.39. The average molecular weight is 276 g/mol. The Bertz CT molecular complexity index is 372. The highest BCUT2D eigenvalue weighted by atomic mass is 16.5. The van der Waals surface area contributed by atoms with Crippen molar-refractivity contribution in [3.8, 4) is 0 Å². The van der Waals surface area contributed by atoms with Crippen LogP contribution in [0.4, 0.5) is 0 Å². The fourth-order valence-corrected chi connectivity index (χ4v) is 3.23. The van der Waals surface area contributed by atoms with Gasteiger partial charge in [0.2, 0.25) is 0 Å². The summed E-state index contributed by atoms with van der Waals surface area (Å²) >= 11 is 0. The highest BCUT2D eigenvalue weighted by molar-refractivity contribution is 5.03. The molecular weight excluding hydrogens is 248 g/mol. The van der Waals surface area contributed by atoms with Crippen molar-refractivity contribution in [1.29, 1.82) is 0 Å². The molecule has 0 amide bonds. The Morgan fingerprint density at radius 1 is 1.35 bits per heavy atom. The minimum absolute atomic E-state index is 0.0704. The molecule has 0 atom stereocenters. The first-order valence-corrected chi connectivity index (χ1v) is 8.02. The van der Waals surface area contributed by atoms with E-state index < -0.39 is 0 Å². The molecule has 0 radical (unpaired) electrons. The monoisotopic (exact) mass is 276 g/mol. The minimum Gasteiger partial charge on any atom is -0.373 e. The van der Waals surface area contributed by atoms with E-state index >= 15 is 0 Å². The summed E-state index contributed by atoms with van der Waals surface area (Å²) in [5, 5.41) is 0. The summed E-state index contributed by atoms with van der Waals surface area (Å²) in [5.41, 5.74) is 7.02. The summed E-state index contributed by atoms with van der Waals surface area (Å²) in [6, 6.07) is 6.02. The first-order valence-electron chi connectivity index (χ1n) is 8.02. The van der Waals surface area contributed by atoms with Gasteiger partial charge in [-0.1, -0.05) is 25.8 Å². The maximum absolute atomic E-state index is 6.19. The van der Waals surface area contributed by atoms with Gasteiger partial charge in [0.15, 0.2) is 0 Å². The predicted octanol–water partition coefficient (Wildman–Crippen LogP) is 3.33. The maximum Gasteiger partial charge on any atom is 0.0804 e. The molecule has 1 aliphatic rings. The van der Waals surface area contributed by atoms with Crippen LogP contribution in [0.3, 0.4) is 0 Å². The molecule has 0 aromatic carbocycles. The molecular formula is C17H28N2O. The van der Waals surface area contributed by atoms with Gasteiger partial charge in [0.25, 0.3) is 0 Å². The molecule has 0 aliphatic heterocycles. The van der Waals surface area contributed by atoms with Crippen LogP contribution in [0.1, 0.15) is 51.1 Å². The van der Waals surface area contributed by atoms with Crippen LogP contribution in [0.2, 0.25) is 0 Å². The summed E-state index contributed by atoms with van der Waals surface area (Å²) in [5.74, 6) is 0.888. The van der Waals surface area contributed by atoms with Crippen molar-refractivity contribution in [2.45, 2.75) is 57.5 Å². The molecule has 1 aliphatic carbocycles. The van der Waals surface area contributed by atoms with Crippen molar-refractivity contribution >= 4 is 0 Å². The van der Waals surface area contributed by atoms with Crippen LogP contribution in [0.15, 0.2) is 24.4 Å². The van der Waals surface area contributed by atoms with E-state index in [-0.39, 0.29) is 5.60 Å². The summed E-state index contributed by atoms with van der Waals surface area (Å²) in [6.07, 6.45) is 10.1. The van der Waals surface area contributed by atoms with E-state index in [9.17, 15) is 0 Å². The third kappa shape index (κ3) is 4.29. The lowest BCUT2D eigenvalue weighted by Crippen LogP contribution is -2.44. The number of hydrogen-bond acceptors (Lipinski definition) is 3. The number of aromatic nitrogens is 1. The fourth-order valence-electron chi connectivity index (χ4n) is 3.23. The number of rotatable bonds is 7. The molecule has 1 heterocycles. The highest BCUT2D eigenvalue weighted by Crippen LogP contribution is 2.36. The molecule has 112 valence electrons. The van der Waals surface area contributed by atoms with Gasteiger partial charge < -0.3 is 10.5 Å². The van der Waals surface area contributed by atoms with Crippen molar-refractivity contribution in [2.75, 3.05) is 13.2 Å². The second-order valence-electron chi connectivity index (χ2n) is 6.04. The SMILES string of the molecule is CCCC1CCC(CN)(OCCc2ccccn2)CC1. The summed E-state index contributed by atoms with van der Waals surface area (Å²) in [7, 11) is 0. The first kappa shape index (κ1) is 15.5. The zero-order chi connectivity index (χ0) is 14.3. The largest absolute Gasteiger partial charge is 0.373 e. The van der Waals surface area contributed by atoms with Gasteiger partial charge in [-0.2, -0.15) is 0 Å². The molecule has 20 heavy (non-hydrogen) atoms. The van der Waals surface area contributed by atoms with E-state index in [1.54, 1.807) is 0 Å². The number of hydrogen-bond donors (Lipinski definition) is 1. The first-order chi connectivity index (χ1) is 9.78. The molecule has 1 saturated carbocycles. The number of ether oxygens (including phenoxy) is 1. The second-order valence-corrected chi connectivity index (χ2v) is 6.04. The van der Waals surface area contributed by atoms with Crippen LogP contribution < -0.4 is 5.73 Å². The van der Waals surface area contributed by atoms with E-state index in [0.29, 0.717) is 6.54 Å². The van der Waals surface area contributed by atoms with Gasteiger partial charge in [0.05, 0.1) is 12.2 Å². The lowest BCUT2D eigenvalue weighted by atomic mass is 9.77. The van der Waals surface area contributed by atoms with Gasteiger partial charge in [-0.05, 0) is 43.7 Å². The minimum atomic E-state index is -0.0704. The average Bonchev–Trinajstić information content (AvgIpc) is 2.51. The highest BCUT2D eigenvalue weighted by Gasteiger charge is 2.34. The van der Waals surface area contributed by atoms with E-state index in [1.165, 1.54) is 25.7 Å². The smallest absolute Gasteiger partial charge is 0.0804 e. The van der Waals surface area contributed by atoms with Crippen LogP contribution >= 0.6 is 0 Å². The summed E-state index contributed by atoms with van der Waals surface area (Å²) in [4.78, 5) is 4.34. The van der Waals surface area contributed by atoms with Crippen LogP contribution in [0.5, 0.6) is 0 Å². The van der Waals surface area contributed by atoms with Gasteiger partial charge in [-0.25, -0.2) is 0 Å². The summed E-state index contributed by atoms with van der Waals surface area (Å²) in [6.45, 7) is 3.65. The van der Waals surface area contributed by atoms with Crippen LogP contribution in [0, 0.1) is 5.92 Å². The third-order valence-corrected chi connectivity index (χ3v) is 4.58. The lowest BCUT2D eigenvalue weighted by molar-refractivity contribution is -0.0708. The topological polar surface area (TPSA) is 48.1 Å². The second kappa shape index (κ2) is 7.75. The Kier molecular flexibility index (Phi) is 5.99. The van der Waals surface area contributed by atoms with Crippen LogP contribution in [-0.4, -0.2) is 23.7 Å². The molecule has 1 aromatic heterocycles. The Labute approximate surface area is 122 Å². The van der Waals surface area contributed by atoms with Gasteiger partial charge in [-0.15, -0.1) is 0 Å². The number of nitrogens with zero attached hydrogens (tertiary/aromatic N) is 1. The molecule has 1 aromatic rings. The van der Waals surface area contributed by atoms with Crippen molar-refractivity contribution in [3.05, 3.63) is 30.1 Å². The quantitative estimate of drug-likeness (QED) is 0.831. The molecule has 2 N–H and O–H groups in total. The van der Waals surface area contributed by atoms with Gasteiger partial charge in [-0.3, -0.25) is 4.98 Å². The van der Waals surface area contributed by atoms with Gasteiger partial charge in [0, 0.05) is 24.9 Å². The van der Waals surface area contributed by atoms with Crippen molar-refractivity contribution in [1.82, 2.24) is 4.98 Å². The van der Waals surface area contributed by atoms with Crippen LogP contribution in [0.25, 0.3) is 0 Å². The van der Waals surface area contributed by atoms with E-state index in [2.05, 4.69) is 18.0 Å². The molecule has 0 saturated heterocycles. The molecule has 0 unspecified atom stereocenters. The molecule has 1 fully saturated rings. The Morgan fingerprint density at radius 2 is 2.15 bits per heavy atom. The van der Waals surface area contributed by atoms with Crippen molar-refractivity contribution in [3.63, 3.8) is 0 Å². The van der Waals surface area contributed by atoms with E-state index in [4.69, 9.17) is 10.5 Å². The molecule has 3 nitrogen and oxygen atoms in total. The molecule has 3 heteroatoms. The number of pyridine rings is 1. The van der Waals surface area contributed by atoms with E-state index in [0.717, 1.165) is 37.5 Å². The molecule has 2 rings (SSSR count). The third-order valence-electron chi connectivity index (χ3n) is 4.58. The Hall–Kier alpha value is -0.930. The number of nitrogens with two attached hydrogens (primary N) is 1. The zero-order valence-corrected chi connectivity index (χ0v) is 12.7. The molecule has 0 bridgehead atoms. The fraction of sp³-hybridized carbons (Fsp3) is 0.706. The normalized spacial score (nSPS) is 26.6. The van der Waals surface area contributed by atoms with E-state index in [1.807, 2.05) is 18.3 Å². The van der Waals surface area contributed by atoms with Crippen molar-refractivity contribution in [2.24, 2.45) is 11.7 Å². The van der Waals surface area contributed by atoms with Crippen LogP contribution in [-0.2, 0) is 11.2 Å². The Morgan fingerprint density at radius 3 is 2.75 bits per heavy atom. The summed E-state index contributed by atoms with van der Waals surface area (Å²) < 4.78 is 6.19. The van der Waals surface area contributed by atoms with Crippen molar-refractivity contribution < 1.29 is 4.74 Å². The zero-order valence-electron chi connectivity index (χ0n) is 12.7. The molecule has 0 spiro atoms. The van der Waals surface area contributed by atoms with Gasteiger partial charge >= 0.3 is 0 Å². The Balaban J connectivity index is 1.78. The maximum atomic E-state index is 6.19.